The van der Waals surface area contributed by atoms with E-state index in [1.54, 1.807) is 12.5 Å². The number of anilines is 1. The maximum Gasteiger partial charge on any atom is 0.230 e. The fourth-order valence-electron chi connectivity index (χ4n) is 2.97. The number of imidazole rings is 1. The van der Waals surface area contributed by atoms with Gasteiger partial charge in [0, 0.05) is 21.7 Å². The first-order valence-corrected chi connectivity index (χ1v) is 9.37. The van der Waals surface area contributed by atoms with Gasteiger partial charge in [-0.1, -0.05) is 12.1 Å². The first-order valence-electron chi connectivity index (χ1n) is 8.29. The smallest absolute Gasteiger partial charge is 0.230 e. The van der Waals surface area contributed by atoms with Crippen LogP contribution in [0.3, 0.4) is 0 Å². The normalized spacial score (nSPS) is 13.2. The van der Waals surface area contributed by atoms with E-state index in [9.17, 15) is 4.79 Å². The van der Waals surface area contributed by atoms with Crippen LogP contribution in [0.1, 0.15) is 17.5 Å². The zero-order chi connectivity index (χ0) is 18.8. The summed E-state index contributed by atoms with van der Waals surface area (Å²) in [7, 11) is 0. The average molecular weight is 467 g/mol. The average Bonchev–Trinajstić information content (AvgIpc) is 3.14. The van der Waals surface area contributed by atoms with Crippen LogP contribution in [0.2, 0.25) is 0 Å². The van der Waals surface area contributed by atoms with Gasteiger partial charge in [-0.2, -0.15) is 5.26 Å². The van der Waals surface area contributed by atoms with Gasteiger partial charge in [0.15, 0.2) is 0 Å². The molecule has 6 nitrogen and oxygen atoms in total. The van der Waals surface area contributed by atoms with Crippen LogP contribution in [0.5, 0.6) is 0 Å². The Hall–Kier alpha value is -2.99. The van der Waals surface area contributed by atoms with Crippen LogP contribution in [0, 0.1) is 14.9 Å². The second kappa shape index (κ2) is 7.32. The van der Waals surface area contributed by atoms with E-state index in [0.29, 0.717) is 23.5 Å². The standard InChI is InChI=1S/C20H14IN5O/c21-16-10-19-18(9-13(16)4-5-22)24-17(11-20(27)25-19)14-2-1-3-15(8-14)26-7-6-23-12-26/h1-3,6-10,12H,4,11H2,(H,25,27). The van der Waals surface area contributed by atoms with Crippen LogP contribution in [0.15, 0.2) is 60.1 Å². The van der Waals surface area contributed by atoms with E-state index in [1.165, 1.54) is 0 Å². The van der Waals surface area contributed by atoms with Crippen molar-refractivity contribution in [3.8, 4) is 11.8 Å². The Balaban J connectivity index is 1.80. The maximum atomic E-state index is 12.4. The third kappa shape index (κ3) is 3.61. The van der Waals surface area contributed by atoms with E-state index in [2.05, 4.69) is 39.0 Å². The molecule has 0 radical (unpaired) electrons. The molecule has 7 heteroatoms. The van der Waals surface area contributed by atoms with Crippen molar-refractivity contribution < 1.29 is 4.79 Å². The Bertz CT molecular complexity index is 1100. The zero-order valence-corrected chi connectivity index (χ0v) is 16.3. The number of carbonyl (C=O) groups is 1. The Kier molecular flexibility index (Phi) is 4.73. The number of carbonyl (C=O) groups excluding carboxylic acids is 1. The van der Waals surface area contributed by atoms with Gasteiger partial charge in [-0.25, -0.2) is 4.98 Å². The number of hydrogen-bond donors (Lipinski definition) is 1. The zero-order valence-electron chi connectivity index (χ0n) is 14.2. The summed E-state index contributed by atoms with van der Waals surface area (Å²) in [6.07, 6.45) is 5.81. The first kappa shape index (κ1) is 17.4. The molecule has 0 saturated heterocycles. The highest BCUT2D eigenvalue weighted by atomic mass is 127. The number of nitrogens with zero attached hydrogens (tertiary/aromatic N) is 4. The molecule has 0 spiro atoms. The lowest BCUT2D eigenvalue weighted by Crippen LogP contribution is -2.15. The van der Waals surface area contributed by atoms with Gasteiger partial charge in [0.1, 0.15) is 0 Å². The number of aromatic nitrogens is 2. The monoisotopic (exact) mass is 467 g/mol. The van der Waals surface area contributed by atoms with Crippen LogP contribution >= 0.6 is 22.6 Å². The minimum Gasteiger partial charge on any atom is -0.324 e. The molecule has 0 bridgehead atoms. The number of hydrogen-bond acceptors (Lipinski definition) is 4. The molecule has 0 unspecified atom stereocenters. The number of aliphatic imine (C=N–C) groups is 1. The van der Waals surface area contributed by atoms with E-state index in [0.717, 1.165) is 20.4 Å². The summed E-state index contributed by atoms with van der Waals surface area (Å²) in [5, 5.41) is 11.9. The van der Waals surface area contributed by atoms with Crippen molar-refractivity contribution in [2.24, 2.45) is 4.99 Å². The summed E-state index contributed by atoms with van der Waals surface area (Å²) in [5.41, 5.74) is 4.77. The van der Waals surface area contributed by atoms with Crippen molar-refractivity contribution in [2.45, 2.75) is 12.8 Å². The predicted octanol–water partition coefficient (Wildman–Crippen LogP) is 4.01. The lowest BCUT2D eigenvalue weighted by atomic mass is 10.1. The van der Waals surface area contributed by atoms with Crippen molar-refractivity contribution in [1.29, 1.82) is 5.26 Å². The second-order valence-electron chi connectivity index (χ2n) is 6.10. The van der Waals surface area contributed by atoms with Crippen molar-refractivity contribution in [3.05, 3.63) is 69.8 Å². The Morgan fingerprint density at radius 1 is 1.30 bits per heavy atom. The molecule has 0 atom stereocenters. The predicted molar refractivity (Wildman–Crippen MR) is 111 cm³/mol. The van der Waals surface area contributed by atoms with Crippen molar-refractivity contribution >= 4 is 45.6 Å². The summed E-state index contributed by atoms with van der Waals surface area (Å²) in [6, 6.07) is 13.8. The van der Waals surface area contributed by atoms with Gasteiger partial charge in [-0.15, -0.1) is 0 Å². The van der Waals surface area contributed by atoms with E-state index in [4.69, 9.17) is 10.3 Å². The molecule has 3 aromatic rings. The van der Waals surface area contributed by atoms with Gasteiger partial charge in [0.2, 0.25) is 5.91 Å². The summed E-state index contributed by atoms with van der Waals surface area (Å²) in [4.78, 5) is 21.2. The van der Waals surface area contributed by atoms with Crippen molar-refractivity contribution in [2.75, 3.05) is 5.32 Å². The van der Waals surface area contributed by atoms with Gasteiger partial charge in [-0.3, -0.25) is 9.79 Å². The number of nitrogens with one attached hydrogen (secondary N) is 1. The van der Waals surface area contributed by atoms with Crippen molar-refractivity contribution in [1.82, 2.24) is 9.55 Å². The molecule has 1 amide bonds. The molecule has 4 rings (SSSR count). The van der Waals surface area contributed by atoms with Gasteiger partial charge in [-0.05, 0) is 58.0 Å². The van der Waals surface area contributed by atoms with Gasteiger partial charge < -0.3 is 9.88 Å². The van der Waals surface area contributed by atoms with Crippen LogP contribution in [-0.4, -0.2) is 21.2 Å². The Morgan fingerprint density at radius 2 is 2.19 bits per heavy atom. The van der Waals surface area contributed by atoms with Gasteiger partial charge >= 0.3 is 0 Å². The highest BCUT2D eigenvalue weighted by molar-refractivity contribution is 14.1. The number of fused-ring (bicyclic) bond motifs is 1. The molecule has 1 aromatic heterocycles. The van der Waals surface area contributed by atoms with Gasteiger partial charge in [0.25, 0.3) is 0 Å². The highest BCUT2D eigenvalue weighted by Crippen LogP contribution is 2.33. The molecule has 132 valence electrons. The Morgan fingerprint density at radius 3 is 2.96 bits per heavy atom. The molecule has 27 heavy (non-hydrogen) atoms. The minimum atomic E-state index is -0.107. The quantitative estimate of drug-likeness (QED) is 0.592. The lowest BCUT2D eigenvalue weighted by Gasteiger charge is -2.08. The number of benzene rings is 2. The van der Waals surface area contributed by atoms with Crippen LogP contribution in [-0.2, 0) is 11.2 Å². The fourth-order valence-corrected chi connectivity index (χ4v) is 3.63. The molecule has 0 saturated carbocycles. The maximum absolute atomic E-state index is 12.4. The topological polar surface area (TPSA) is 83.1 Å². The number of rotatable bonds is 3. The third-order valence-corrected chi connectivity index (χ3v) is 5.28. The lowest BCUT2D eigenvalue weighted by molar-refractivity contribution is -0.115. The molecule has 0 fully saturated rings. The second-order valence-corrected chi connectivity index (χ2v) is 7.26. The minimum absolute atomic E-state index is 0.107. The molecule has 2 aromatic carbocycles. The highest BCUT2D eigenvalue weighted by Gasteiger charge is 2.19. The first-order chi connectivity index (χ1) is 13.1. The molecule has 1 N–H and O–H groups in total. The summed E-state index contributed by atoms with van der Waals surface area (Å²) in [5.74, 6) is -0.107. The van der Waals surface area contributed by atoms with E-state index < -0.39 is 0 Å². The SMILES string of the molecule is N#CCc1cc2c(cc1I)NC(=O)CC(c1cccc(-n3ccnc3)c1)=N2. The van der Waals surface area contributed by atoms with Crippen molar-refractivity contribution in [3.63, 3.8) is 0 Å². The van der Waals surface area contributed by atoms with E-state index in [1.807, 2.05) is 47.2 Å². The Labute approximate surface area is 169 Å². The number of nitriles is 1. The van der Waals surface area contributed by atoms with E-state index in [-0.39, 0.29) is 12.3 Å². The summed E-state index contributed by atoms with van der Waals surface area (Å²) < 4.78 is 2.84. The van der Waals surface area contributed by atoms with Crippen LogP contribution in [0.4, 0.5) is 11.4 Å². The number of amides is 1. The van der Waals surface area contributed by atoms with E-state index >= 15 is 0 Å². The largest absolute Gasteiger partial charge is 0.324 e. The molecule has 1 aliphatic rings. The third-order valence-electron chi connectivity index (χ3n) is 4.27. The van der Waals surface area contributed by atoms with Crippen LogP contribution in [0.25, 0.3) is 5.69 Å². The molecule has 1 aliphatic heterocycles. The molecule has 2 heterocycles. The molecular weight excluding hydrogens is 453 g/mol. The summed E-state index contributed by atoms with van der Waals surface area (Å²) in [6.45, 7) is 0. The number of halogens is 1. The van der Waals surface area contributed by atoms with Crippen LogP contribution < -0.4 is 5.32 Å². The van der Waals surface area contributed by atoms with Gasteiger partial charge in [0.05, 0.1) is 42.3 Å². The fraction of sp³-hybridized carbons (Fsp3) is 0.100. The molecule has 0 aliphatic carbocycles. The molecular formula is C20H14IN5O. The summed E-state index contributed by atoms with van der Waals surface area (Å²) >= 11 is 2.18.